The molecule has 0 aliphatic heterocycles. The monoisotopic (exact) mass is 281 g/mol. The third-order valence-corrected chi connectivity index (χ3v) is 2.68. The molecule has 1 unspecified atom stereocenters. The first-order chi connectivity index (χ1) is 9.37. The van der Waals surface area contributed by atoms with Crippen LogP contribution < -0.4 is 5.32 Å². The fourth-order valence-corrected chi connectivity index (χ4v) is 1.45. The number of rotatable bonds is 5. The zero-order valence-corrected chi connectivity index (χ0v) is 11.2. The molecule has 1 atom stereocenters. The second kappa shape index (κ2) is 6.81. The molecule has 1 aromatic rings. The molecule has 0 fully saturated rings. The van der Waals surface area contributed by atoms with Crippen molar-refractivity contribution in [1.29, 1.82) is 0 Å². The van der Waals surface area contributed by atoms with Crippen molar-refractivity contribution in [3.8, 4) is 0 Å². The van der Waals surface area contributed by atoms with E-state index in [0.29, 0.717) is 0 Å². The lowest BCUT2D eigenvalue weighted by Gasteiger charge is -2.22. The molecule has 1 amide bonds. The van der Waals surface area contributed by atoms with Crippen molar-refractivity contribution in [2.45, 2.75) is 12.5 Å². The van der Waals surface area contributed by atoms with Crippen LogP contribution in [0.25, 0.3) is 0 Å². The van der Waals surface area contributed by atoms with Crippen LogP contribution in [0.2, 0.25) is 0 Å². The molecule has 2 N–H and O–H groups in total. The van der Waals surface area contributed by atoms with Gasteiger partial charge in [-0.25, -0.2) is 9.18 Å². The molecule has 0 saturated carbocycles. The summed E-state index contributed by atoms with van der Waals surface area (Å²) in [6.07, 6.45) is 2.55. The van der Waals surface area contributed by atoms with E-state index >= 15 is 0 Å². The Hall–Kier alpha value is -2.21. The van der Waals surface area contributed by atoms with E-state index in [-0.39, 0.29) is 12.1 Å². The predicted molar refractivity (Wildman–Crippen MR) is 70.1 cm³/mol. The van der Waals surface area contributed by atoms with E-state index in [4.69, 9.17) is 0 Å². The standard InChI is InChI=1S/C14H16FNO4/c1-14(19,10-5-7-11(15)8-6-10)13(18)16-9-3-4-12(17)20-2/h3-8,19H,9H2,1-2H3,(H,16,18)/b4-3+. The number of aliphatic hydroxyl groups is 1. The van der Waals surface area contributed by atoms with Gasteiger partial charge in [0.2, 0.25) is 0 Å². The van der Waals surface area contributed by atoms with Crippen LogP contribution in [0.5, 0.6) is 0 Å². The highest BCUT2D eigenvalue weighted by Crippen LogP contribution is 2.20. The summed E-state index contributed by atoms with van der Waals surface area (Å²) in [5.41, 5.74) is -1.51. The number of amides is 1. The van der Waals surface area contributed by atoms with E-state index in [2.05, 4.69) is 10.1 Å². The van der Waals surface area contributed by atoms with Crippen molar-refractivity contribution in [2.75, 3.05) is 13.7 Å². The molecular weight excluding hydrogens is 265 g/mol. The smallest absolute Gasteiger partial charge is 0.330 e. The number of halogens is 1. The summed E-state index contributed by atoms with van der Waals surface area (Å²) < 4.78 is 17.2. The molecule has 0 aliphatic carbocycles. The zero-order chi connectivity index (χ0) is 15.2. The number of benzene rings is 1. The molecule has 0 bridgehead atoms. The van der Waals surface area contributed by atoms with Gasteiger partial charge in [0.05, 0.1) is 7.11 Å². The maximum atomic E-state index is 12.8. The first kappa shape index (κ1) is 15.8. The fraction of sp³-hybridized carbons (Fsp3) is 0.286. The first-order valence-corrected chi connectivity index (χ1v) is 5.89. The van der Waals surface area contributed by atoms with Crippen LogP contribution in [-0.2, 0) is 19.9 Å². The molecular formula is C14H16FNO4. The number of hydrogen-bond acceptors (Lipinski definition) is 4. The number of nitrogens with one attached hydrogen (secondary N) is 1. The second-order valence-corrected chi connectivity index (χ2v) is 4.21. The molecule has 0 aromatic heterocycles. The van der Waals surface area contributed by atoms with Gasteiger partial charge in [-0.05, 0) is 24.6 Å². The van der Waals surface area contributed by atoms with Gasteiger partial charge >= 0.3 is 5.97 Å². The molecule has 108 valence electrons. The van der Waals surface area contributed by atoms with Gasteiger partial charge < -0.3 is 15.2 Å². The average Bonchev–Trinajstić information content (AvgIpc) is 2.43. The molecule has 0 spiro atoms. The minimum atomic E-state index is -1.78. The quantitative estimate of drug-likeness (QED) is 0.620. The van der Waals surface area contributed by atoms with Crippen LogP contribution in [-0.4, -0.2) is 30.6 Å². The topological polar surface area (TPSA) is 75.6 Å². The molecule has 0 heterocycles. The highest BCUT2D eigenvalue weighted by Gasteiger charge is 2.31. The molecule has 1 aromatic carbocycles. The van der Waals surface area contributed by atoms with Crippen molar-refractivity contribution >= 4 is 11.9 Å². The van der Waals surface area contributed by atoms with E-state index in [1.54, 1.807) is 0 Å². The SMILES string of the molecule is COC(=O)/C=C/CNC(=O)C(C)(O)c1ccc(F)cc1. The summed E-state index contributed by atoms with van der Waals surface area (Å²) in [4.78, 5) is 22.7. The Morgan fingerprint density at radius 3 is 2.55 bits per heavy atom. The molecule has 6 heteroatoms. The lowest BCUT2D eigenvalue weighted by Crippen LogP contribution is -2.42. The Kier molecular flexibility index (Phi) is 5.40. The third kappa shape index (κ3) is 4.17. The molecule has 0 aliphatic rings. The minimum Gasteiger partial charge on any atom is -0.466 e. The van der Waals surface area contributed by atoms with Crippen molar-refractivity contribution < 1.29 is 23.8 Å². The van der Waals surface area contributed by atoms with Crippen LogP contribution in [0.15, 0.2) is 36.4 Å². The number of carbonyl (C=O) groups excluding carboxylic acids is 2. The molecule has 5 nitrogen and oxygen atoms in total. The number of carbonyl (C=O) groups is 2. The highest BCUT2D eigenvalue weighted by molar-refractivity contribution is 5.86. The van der Waals surface area contributed by atoms with Crippen LogP contribution in [0, 0.1) is 5.82 Å². The van der Waals surface area contributed by atoms with E-state index in [1.807, 2.05) is 0 Å². The highest BCUT2D eigenvalue weighted by atomic mass is 19.1. The fourth-order valence-electron chi connectivity index (χ4n) is 1.45. The Balaban J connectivity index is 2.63. The van der Waals surface area contributed by atoms with Gasteiger partial charge in [-0.2, -0.15) is 0 Å². The summed E-state index contributed by atoms with van der Waals surface area (Å²) in [5.74, 6) is -1.64. The second-order valence-electron chi connectivity index (χ2n) is 4.21. The third-order valence-electron chi connectivity index (χ3n) is 2.68. The predicted octanol–water partition coefficient (Wildman–Crippen LogP) is 0.879. The lowest BCUT2D eigenvalue weighted by atomic mass is 9.95. The number of hydrogen-bond donors (Lipinski definition) is 2. The Bertz CT molecular complexity index is 508. The minimum absolute atomic E-state index is 0.0608. The van der Waals surface area contributed by atoms with Crippen molar-refractivity contribution in [3.63, 3.8) is 0 Å². The van der Waals surface area contributed by atoms with Crippen LogP contribution in [0.1, 0.15) is 12.5 Å². The average molecular weight is 281 g/mol. The van der Waals surface area contributed by atoms with Crippen LogP contribution in [0.4, 0.5) is 4.39 Å². The normalized spacial score (nSPS) is 13.8. The maximum Gasteiger partial charge on any atom is 0.330 e. The maximum absolute atomic E-state index is 12.8. The molecule has 20 heavy (non-hydrogen) atoms. The summed E-state index contributed by atoms with van der Waals surface area (Å²) in [5, 5.41) is 12.6. The van der Waals surface area contributed by atoms with E-state index < -0.39 is 23.3 Å². The largest absolute Gasteiger partial charge is 0.466 e. The summed E-state index contributed by atoms with van der Waals surface area (Å²) in [6.45, 7) is 1.37. The van der Waals surface area contributed by atoms with Gasteiger partial charge in [0, 0.05) is 12.6 Å². The Morgan fingerprint density at radius 1 is 1.40 bits per heavy atom. The number of esters is 1. The van der Waals surface area contributed by atoms with Crippen molar-refractivity contribution in [3.05, 3.63) is 47.8 Å². The van der Waals surface area contributed by atoms with E-state index in [1.165, 1.54) is 32.2 Å². The van der Waals surface area contributed by atoms with Gasteiger partial charge in [0.25, 0.3) is 5.91 Å². The first-order valence-electron chi connectivity index (χ1n) is 5.89. The van der Waals surface area contributed by atoms with Crippen LogP contribution in [0.3, 0.4) is 0 Å². The Morgan fingerprint density at radius 2 is 2.00 bits per heavy atom. The van der Waals surface area contributed by atoms with E-state index in [0.717, 1.165) is 18.2 Å². The van der Waals surface area contributed by atoms with Gasteiger partial charge in [0.15, 0.2) is 5.60 Å². The van der Waals surface area contributed by atoms with Crippen molar-refractivity contribution in [2.24, 2.45) is 0 Å². The summed E-state index contributed by atoms with van der Waals surface area (Å²) >= 11 is 0. The Labute approximate surface area is 116 Å². The van der Waals surface area contributed by atoms with Gasteiger partial charge in [-0.1, -0.05) is 18.2 Å². The van der Waals surface area contributed by atoms with E-state index in [9.17, 15) is 19.1 Å². The summed E-state index contributed by atoms with van der Waals surface area (Å²) in [6, 6.07) is 4.99. The van der Waals surface area contributed by atoms with Gasteiger partial charge in [0.1, 0.15) is 5.82 Å². The van der Waals surface area contributed by atoms with Crippen molar-refractivity contribution in [1.82, 2.24) is 5.32 Å². The van der Waals surface area contributed by atoms with Gasteiger partial charge in [-0.15, -0.1) is 0 Å². The summed E-state index contributed by atoms with van der Waals surface area (Å²) in [7, 11) is 1.24. The molecule has 0 saturated heterocycles. The lowest BCUT2D eigenvalue weighted by molar-refractivity contribution is -0.139. The number of methoxy groups -OCH3 is 1. The zero-order valence-electron chi connectivity index (χ0n) is 11.2. The van der Waals surface area contributed by atoms with Crippen LogP contribution >= 0.6 is 0 Å². The molecule has 0 radical (unpaired) electrons. The number of ether oxygens (including phenoxy) is 1. The molecule has 1 rings (SSSR count). The van der Waals surface area contributed by atoms with Gasteiger partial charge in [-0.3, -0.25) is 4.79 Å².